The number of amides is 2. The third-order valence-corrected chi connectivity index (χ3v) is 4.17. The molecule has 0 radical (unpaired) electrons. The number of methoxy groups -OCH3 is 1. The zero-order valence-electron chi connectivity index (χ0n) is 16.2. The number of hydrogen-bond acceptors (Lipinski definition) is 4. The summed E-state index contributed by atoms with van der Waals surface area (Å²) < 4.78 is 58.2. The van der Waals surface area contributed by atoms with Gasteiger partial charge in [0.05, 0.1) is 12.7 Å². The van der Waals surface area contributed by atoms with Crippen LogP contribution in [0.1, 0.15) is 26.3 Å². The molecule has 31 heavy (non-hydrogen) atoms. The largest absolute Gasteiger partial charge is 0.479 e. The van der Waals surface area contributed by atoms with Gasteiger partial charge in [-0.3, -0.25) is 14.3 Å². The predicted octanol–water partition coefficient (Wildman–Crippen LogP) is 4.09. The van der Waals surface area contributed by atoms with Gasteiger partial charge in [0.25, 0.3) is 11.8 Å². The number of carbonyl (C=O) groups is 2. The third kappa shape index (κ3) is 5.00. The zero-order valence-corrected chi connectivity index (χ0v) is 16.2. The molecule has 7 nitrogen and oxygen atoms in total. The number of rotatable bonds is 5. The van der Waals surface area contributed by atoms with Gasteiger partial charge >= 0.3 is 6.18 Å². The molecule has 1 aromatic heterocycles. The molecule has 11 heteroatoms. The molecule has 0 saturated heterocycles. The van der Waals surface area contributed by atoms with Gasteiger partial charge in [0.2, 0.25) is 5.88 Å². The number of aromatic nitrogens is 2. The van der Waals surface area contributed by atoms with Crippen LogP contribution in [0.15, 0.2) is 48.7 Å². The first-order valence-corrected chi connectivity index (χ1v) is 8.75. The van der Waals surface area contributed by atoms with Crippen LogP contribution in [0.2, 0.25) is 0 Å². The molecule has 1 heterocycles. The smallest absolute Gasteiger partial charge is 0.419 e. The Morgan fingerprint density at radius 3 is 2.23 bits per heavy atom. The molecule has 0 bridgehead atoms. The van der Waals surface area contributed by atoms with Crippen molar-refractivity contribution >= 4 is 23.2 Å². The minimum Gasteiger partial charge on any atom is -0.479 e. The molecular formula is C20H16F4N4O3. The first-order valence-electron chi connectivity index (χ1n) is 8.75. The average molecular weight is 436 g/mol. The standard InChI is InChI=1S/C20H16F4N4O3/c1-28-10-14(19(27-28)31-2)18(30)25-12-5-3-11(4-6-12)17(29)26-13-7-8-16(21)15(9-13)20(22,23)24/h3-10H,1-2H3,(H,25,30)(H,26,29). The Morgan fingerprint density at radius 2 is 1.61 bits per heavy atom. The first kappa shape index (κ1) is 21.8. The van der Waals surface area contributed by atoms with Crippen LogP contribution in [0, 0.1) is 5.82 Å². The van der Waals surface area contributed by atoms with E-state index in [0.29, 0.717) is 17.8 Å². The van der Waals surface area contributed by atoms with Crippen LogP contribution in [0.5, 0.6) is 5.88 Å². The fourth-order valence-electron chi connectivity index (χ4n) is 2.70. The highest BCUT2D eigenvalue weighted by atomic mass is 19.4. The fourth-order valence-corrected chi connectivity index (χ4v) is 2.70. The Hall–Kier alpha value is -3.89. The molecule has 0 aliphatic carbocycles. The van der Waals surface area contributed by atoms with Crippen molar-refractivity contribution in [2.45, 2.75) is 6.18 Å². The van der Waals surface area contributed by atoms with E-state index in [1.54, 1.807) is 7.05 Å². The molecule has 3 aromatic rings. The molecule has 162 valence electrons. The van der Waals surface area contributed by atoms with Gasteiger partial charge in [-0.05, 0) is 42.5 Å². The van der Waals surface area contributed by atoms with Crippen LogP contribution in [-0.2, 0) is 13.2 Å². The molecule has 3 rings (SSSR count). The molecule has 2 amide bonds. The van der Waals surface area contributed by atoms with Crippen molar-refractivity contribution < 1.29 is 31.9 Å². The molecule has 2 aromatic carbocycles. The average Bonchev–Trinajstić information content (AvgIpc) is 3.10. The van der Waals surface area contributed by atoms with Crippen molar-refractivity contribution in [1.29, 1.82) is 0 Å². The maximum atomic E-state index is 13.4. The van der Waals surface area contributed by atoms with Crippen molar-refractivity contribution in [3.63, 3.8) is 0 Å². The maximum absolute atomic E-state index is 13.4. The van der Waals surface area contributed by atoms with Gasteiger partial charge in [0.1, 0.15) is 11.4 Å². The molecule has 0 atom stereocenters. The van der Waals surface area contributed by atoms with Gasteiger partial charge in [-0.1, -0.05) is 0 Å². The summed E-state index contributed by atoms with van der Waals surface area (Å²) in [6.45, 7) is 0. The second kappa shape index (κ2) is 8.46. The summed E-state index contributed by atoms with van der Waals surface area (Å²) in [5, 5.41) is 8.89. The highest BCUT2D eigenvalue weighted by Gasteiger charge is 2.34. The molecule has 0 spiro atoms. The number of ether oxygens (including phenoxy) is 1. The summed E-state index contributed by atoms with van der Waals surface area (Å²) in [5.74, 6) is -2.47. The molecule has 0 aliphatic heterocycles. The van der Waals surface area contributed by atoms with E-state index < -0.39 is 29.4 Å². The van der Waals surface area contributed by atoms with E-state index in [0.717, 1.165) is 6.07 Å². The number of nitrogens with one attached hydrogen (secondary N) is 2. The van der Waals surface area contributed by atoms with E-state index >= 15 is 0 Å². The Labute approximate surface area is 173 Å². The lowest BCUT2D eigenvalue weighted by Gasteiger charge is -2.11. The van der Waals surface area contributed by atoms with Gasteiger partial charge in [-0.15, -0.1) is 5.10 Å². The normalized spacial score (nSPS) is 11.2. The molecule has 0 unspecified atom stereocenters. The Morgan fingerprint density at radius 1 is 1.00 bits per heavy atom. The minimum absolute atomic E-state index is 0.120. The van der Waals surface area contributed by atoms with E-state index in [-0.39, 0.29) is 22.7 Å². The summed E-state index contributed by atoms with van der Waals surface area (Å²) in [6.07, 6.45) is -3.41. The first-order chi connectivity index (χ1) is 14.6. The highest BCUT2D eigenvalue weighted by molar-refractivity contribution is 6.07. The van der Waals surface area contributed by atoms with E-state index in [1.807, 2.05) is 0 Å². The Balaban J connectivity index is 1.70. The van der Waals surface area contributed by atoms with E-state index in [4.69, 9.17) is 4.74 Å². The van der Waals surface area contributed by atoms with Crippen LogP contribution in [0.3, 0.4) is 0 Å². The lowest BCUT2D eigenvalue weighted by Crippen LogP contribution is -2.15. The van der Waals surface area contributed by atoms with Crippen molar-refractivity contribution in [3.8, 4) is 5.88 Å². The van der Waals surface area contributed by atoms with Gasteiger partial charge in [-0.25, -0.2) is 4.39 Å². The lowest BCUT2D eigenvalue weighted by molar-refractivity contribution is -0.139. The van der Waals surface area contributed by atoms with Crippen LogP contribution in [0.25, 0.3) is 0 Å². The van der Waals surface area contributed by atoms with Crippen molar-refractivity contribution in [2.75, 3.05) is 17.7 Å². The summed E-state index contributed by atoms with van der Waals surface area (Å²) in [7, 11) is 3.01. The number of benzene rings is 2. The number of hydrogen-bond donors (Lipinski definition) is 2. The second-order valence-electron chi connectivity index (χ2n) is 6.40. The number of carbonyl (C=O) groups excluding carboxylic acids is 2. The number of nitrogens with zero attached hydrogens (tertiary/aromatic N) is 2. The van der Waals surface area contributed by atoms with Gasteiger partial charge in [0.15, 0.2) is 0 Å². The lowest BCUT2D eigenvalue weighted by atomic mass is 10.1. The van der Waals surface area contributed by atoms with E-state index in [9.17, 15) is 27.2 Å². The quantitative estimate of drug-likeness (QED) is 0.590. The number of anilines is 2. The van der Waals surface area contributed by atoms with E-state index in [2.05, 4.69) is 15.7 Å². The SMILES string of the molecule is COc1nn(C)cc1C(=O)Nc1ccc(C(=O)Nc2ccc(F)c(C(F)(F)F)c2)cc1. The third-order valence-electron chi connectivity index (χ3n) is 4.17. The Kier molecular flexibility index (Phi) is 5.95. The molecule has 0 fully saturated rings. The van der Waals surface area contributed by atoms with Crippen LogP contribution < -0.4 is 15.4 Å². The molecular weight excluding hydrogens is 420 g/mol. The number of halogens is 4. The van der Waals surface area contributed by atoms with Crippen molar-refractivity contribution in [2.24, 2.45) is 7.05 Å². The maximum Gasteiger partial charge on any atom is 0.419 e. The molecule has 2 N–H and O–H groups in total. The van der Waals surface area contributed by atoms with Crippen molar-refractivity contribution in [1.82, 2.24) is 9.78 Å². The monoisotopic (exact) mass is 436 g/mol. The number of aryl methyl sites for hydroxylation is 1. The minimum atomic E-state index is -4.89. The second-order valence-corrected chi connectivity index (χ2v) is 6.40. The highest BCUT2D eigenvalue weighted by Crippen LogP contribution is 2.33. The number of alkyl halides is 3. The summed E-state index contributed by atoms with van der Waals surface area (Å²) >= 11 is 0. The Bertz CT molecular complexity index is 1120. The van der Waals surface area contributed by atoms with Gasteiger partial charge < -0.3 is 15.4 Å². The molecule has 0 saturated carbocycles. The molecule has 0 aliphatic rings. The zero-order chi connectivity index (χ0) is 22.8. The summed E-state index contributed by atoms with van der Waals surface area (Å²) in [4.78, 5) is 24.7. The summed E-state index contributed by atoms with van der Waals surface area (Å²) in [6, 6.07) is 7.81. The van der Waals surface area contributed by atoms with Crippen molar-refractivity contribution in [3.05, 3.63) is 71.2 Å². The van der Waals surface area contributed by atoms with E-state index in [1.165, 1.54) is 42.3 Å². The van der Waals surface area contributed by atoms with Crippen LogP contribution >= 0.6 is 0 Å². The fraction of sp³-hybridized carbons (Fsp3) is 0.150. The topological polar surface area (TPSA) is 85.2 Å². The van der Waals surface area contributed by atoms with Gasteiger partial charge in [-0.2, -0.15) is 13.2 Å². The van der Waals surface area contributed by atoms with Gasteiger partial charge in [0, 0.05) is 30.2 Å². The summed E-state index contributed by atoms with van der Waals surface area (Å²) in [5.41, 5.74) is -0.985. The van der Waals surface area contributed by atoms with Crippen LogP contribution in [-0.4, -0.2) is 28.7 Å². The predicted molar refractivity (Wildman–Crippen MR) is 104 cm³/mol. The van der Waals surface area contributed by atoms with Crippen LogP contribution in [0.4, 0.5) is 28.9 Å².